The summed E-state index contributed by atoms with van der Waals surface area (Å²) in [4.78, 5) is 73.4. The maximum atomic E-state index is 15.4. The fraction of sp³-hybridized carbons (Fsp3) is 0.646. The number of aromatic nitrogens is 2. The molecule has 8 fully saturated rings. The molecule has 2 aromatic carbocycles. The lowest BCUT2D eigenvalue weighted by Crippen LogP contribution is -2.62. The molecule has 6 saturated heterocycles. The average Bonchev–Trinajstić information content (AvgIpc) is 3.06. The van der Waals surface area contributed by atoms with Gasteiger partial charge in [-0.3, -0.25) is 44.3 Å². The van der Waals surface area contributed by atoms with Gasteiger partial charge in [0.1, 0.15) is 24.8 Å². The van der Waals surface area contributed by atoms with Gasteiger partial charge in [-0.25, -0.2) is 9.82 Å². The van der Waals surface area contributed by atoms with Crippen LogP contribution in [0.25, 0.3) is 33.3 Å². The largest absolute Gasteiger partial charge is 0.464 e. The first kappa shape index (κ1) is 56.6. The van der Waals surface area contributed by atoms with E-state index in [1.807, 2.05) is 25.3 Å². The van der Waals surface area contributed by atoms with Crippen molar-refractivity contribution in [1.29, 1.82) is 0 Å². The zero-order chi connectivity index (χ0) is 57.3. The van der Waals surface area contributed by atoms with E-state index in [1.54, 1.807) is 7.11 Å². The summed E-state index contributed by atoms with van der Waals surface area (Å²) in [5, 5.41) is 9.36. The van der Waals surface area contributed by atoms with E-state index < -0.39 is 36.2 Å². The number of morpholine rings is 1. The molecular weight excluding hydrogens is 1050 g/mol. The molecule has 18 heteroatoms. The van der Waals surface area contributed by atoms with Gasteiger partial charge in [-0.15, -0.1) is 0 Å². The minimum atomic E-state index is -1.03. The summed E-state index contributed by atoms with van der Waals surface area (Å²) in [5.41, 5.74) is 11.6. The highest BCUT2D eigenvalue weighted by molar-refractivity contribution is 5.96. The van der Waals surface area contributed by atoms with Gasteiger partial charge in [-0.2, -0.15) is 0 Å². The molecule has 6 bridgehead atoms. The van der Waals surface area contributed by atoms with Crippen LogP contribution >= 0.6 is 0 Å². The first-order valence-corrected chi connectivity index (χ1v) is 31.5. The number of nitrogens with one attached hydrogen (secondary N) is 3. The number of halogens is 1. The van der Waals surface area contributed by atoms with E-state index in [0.717, 1.165) is 147 Å². The van der Waals surface area contributed by atoms with Gasteiger partial charge >= 0.3 is 5.97 Å². The number of hydrogen-bond acceptors (Lipinski definition) is 13. The quantitative estimate of drug-likeness (QED) is 0.0981. The summed E-state index contributed by atoms with van der Waals surface area (Å²) in [5.74, 6) is 0.0448. The van der Waals surface area contributed by atoms with Crippen molar-refractivity contribution in [2.24, 2.45) is 22.7 Å². The van der Waals surface area contributed by atoms with Gasteiger partial charge in [0.2, 0.25) is 11.8 Å². The number of fused-ring (bicyclic) bond motifs is 7. The van der Waals surface area contributed by atoms with Crippen molar-refractivity contribution in [2.45, 2.75) is 160 Å². The lowest BCUT2D eigenvalue weighted by Gasteiger charge is -2.44. The Bertz CT molecular complexity index is 3120. The van der Waals surface area contributed by atoms with Crippen molar-refractivity contribution in [3.8, 4) is 22.4 Å². The predicted molar refractivity (Wildman–Crippen MR) is 316 cm³/mol. The number of amides is 3. The Hall–Kier alpha value is -5.50. The number of alkyl halides is 1. The standard InChI is InChI=1S/C65H87FN10O7/c1-6-75-54-16-15-45-30-49(54)51(59(75)50-31-47(34-67-55(50)40(2)81-5)72-23-22-71-24-25-82-36-48(71)35-72)32-64(3,4)39-83-63(80)52-12-9-19-76(70-52)61(78)53(29-41-26-42(33-66)28-46(45)27-41)68-60(77)58(44-10-7-8-11-44)73-20-17-65(37-73)18-21-74(38-65)62(79)57-56(69-57)43-13-14-43/h15-16,26-28,30-31,34,40,43-44,48,52-53,56-58,69-70H,6-14,17-25,29,32-33,35-39H2,1-5H3,(H,68,77)/t40-,48-,52-,53-,56?,57+,58?,65-/m0/s1. The van der Waals surface area contributed by atoms with Gasteiger partial charge in [0.25, 0.3) is 5.91 Å². The number of carbonyl (C=O) groups is 4. The van der Waals surface area contributed by atoms with Gasteiger partial charge < -0.3 is 33.9 Å². The number of hydrazine groups is 1. The summed E-state index contributed by atoms with van der Waals surface area (Å²) in [6, 6.07) is 12.9. The molecule has 446 valence electrons. The highest BCUT2D eigenvalue weighted by atomic mass is 19.1. The molecule has 13 rings (SSSR count). The van der Waals surface area contributed by atoms with Crippen molar-refractivity contribution < 1.29 is 37.8 Å². The number of hydrogen-bond donors (Lipinski definition) is 3. The third kappa shape index (κ3) is 11.3. The number of pyridine rings is 1. The van der Waals surface area contributed by atoms with Crippen LogP contribution in [-0.4, -0.2) is 175 Å². The Morgan fingerprint density at radius 1 is 0.940 bits per heavy atom. The Morgan fingerprint density at radius 2 is 1.77 bits per heavy atom. The normalized spacial score (nSPS) is 28.8. The Balaban J connectivity index is 0.857. The van der Waals surface area contributed by atoms with Crippen molar-refractivity contribution in [1.82, 2.24) is 45.3 Å². The fourth-order valence-corrected chi connectivity index (χ4v) is 15.7. The van der Waals surface area contributed by atoms with Gasteiger partial charge in [0, 0.05) is 106 Å². The highest BCUT2D eigenvalue weighted by Crippen LogP contribution is 2.47. The summed E-state index contributed by atoms with van der Waals surface area (Å²) >= 11 is 0. The number of ether oxygens (including phenoxy) is 3. The van der Waals surface area contributed by atoms with E-state index in [2.05, 4.69) is 91.3 Å². The van der Waals surface area contributed by atoms with Crippen molar-refractivity contribution >= 4 is 40.3 Å². The number of anilines is 1. The maximum Gasteiger partial charge on any atom is 0.324 e. The number of aryl methyl sites for hydroxylation is 1. The van der Waals surface area contributed by atoms with E-state index in [4.69, 9.17) is 19.2 Å². The molecule has 2 saturated carbocycles. The van der Waals surface area contributed by atoms with Crippen molar-refractivity contribution in [3.05, 3.63) is 71.0 Å². The molecular formula is C65H87FN10O7. The molecule has 9 heterocycles. The third-order valence-corrected chi connectivity index (χ3v) is 20.5. The summed E-state index contributed by atoms with van der Waals surface area (Å²) in [6.07, 6.45) is 11.6. The molecule has 0 radical (unpaired) electrons. The molecule has 2 aromatic heterocycles. The number of nitrogens with zero attached hydrogens (tertiary/aromatic N) is 7. The topological polar surface area (TPSA) is 176 Å². The SMILES string of the molecule is CCn1c(-c2cc(N3CCN4CCOC[C@@H]4C3)cnc2[C@H](C)OC)c2c3cc(ccc31)-c1cc(CF)cc(c1)C[C@H](NC(=O)C(C1CCCC1)N1CC[C@]3(CCN(C(=O)[C@@H]4NC4C4CC4)C3)C1)C(=O)N1CCC[C@H](N1)C(=O)OCC(C)(C)C2. The number of cyclic esters (lactones) is 1. The fourth-order valence-electron chi connectivity index (χ4n) is 15.7. The molecule has 3 amide bonds. The van der Waals surface area contributed by atoms with Crippen LogP contribution in [-0.2, 0) is 59.4 Å². The Morgan fingerprint density at radius 3 is 2.57 bits per heavy atom. The molecule has 1 spiro atoms. The average molecular weight is 1140 g/mol. The lowest BCUT2D eigenvalue weighted by atomic mass is 9.84. The third-order valence-electron chi connectivity index (χ3n) is 20.5. The van der Waals surface area contributed by atoms with Crippen LogP contribution in [0, 0.1) is 22.7 Å². The van der Waals surface area contributed by atoms with Crippen LogP contribution in [0.2, 0.25) is 0 Å². The van der Waals surface area contributed by atoms with E-state index >= 15 is 14.0 Å². The molecule has 17 nitrogen and oxygen atoms in total. The second kappa shape index (κ2) is 23.1. The van der Waals surface area contributed by atoms with Crippen LogP contribution in [0.4, 0.5) is 10.1 Å². The summed E-state index contributed by atoms with van der Waals surface area (Å²) in [6.45, 7) is 16.9. The first-order chi connectivity index (χ1) is 40.2. The van der Waals surface area contributed by atoms with E-state index in [0.29, 0.717) is 69.1 Å². The number of piperazine rings is 1. The van der Waals surface area contributed by atoms with E-state index in [-0.39, 0.29) is 54.2 Å². The minimum Gasteiger partial charge on any atom is -0.464 e. The zero-order valence-corrected chi connectivity index (χ0v) is 49.6. The van der Waals surface area contributed by atoms with Crippen LogP contribution in [0.5, 0.6) is 0 Å². The number of carbonyl (C=O) groups excluding carboxylic acids is 4. The van der Waals surface area contributed by atoms with Gasteiger partial charge in [0.05, 0.1) is 61.3 Å². The number of rotatable bonds is 12. The van der Waals surface area contributed by atoms with Gasteiger partial charge in [-0.1, -0.05) is 44.9 Å². The van der Waals surface area contributed by atoms with Crippen LogP contribution < -0.4 is 21.0 Å². The minimum absolute atomic E-state index is 0.0499. The Labute approximate surface area is 488 Å². The van der Waals surface area contributed by atoms with Gasteiger partial charge in [-0.05, 0) is 142 Å². The lowest BCUT2D eigenvalue weighted by molar-refractivity contribution is -0.155. The zero-order valence-electron chi connectivity index (χ0n) is 49.6. The van der Waals surface area contributed by atoms with Crippen LogP contribution in [0.1, 0.15) is 120 Å². The predicted octanol–water partition coefficient (Wildman–Crippen LogP) is 6.97. The molecule has 2 unspecified atom stereocenters. The number of likely N-dealkylation sites (tertiary alicyclic amines) is 2. The first-order valence-electron chi connectivity index (χ1n) is 31.5. The highest BCUT2D eigenvalue weighted by Gasteiger charge is 2.55. The number of methoxy groups -OCH3 is 1. The second-order valence-corrected chi connectivity index (χ2v) is 26.9. The molecule has 83 heavy (non-hydrogen) atoms. The second-order valence-electron chi connectivity index (χ2n) is 26.9. The van der Waals surface area contributed by atoms with Crippen molar-refractivity contribution in [3.63, 3.8) is 0 Å². The van der Waals surface area contributed by atoms with Crippen LogP contribution in [0.3, 0.4) is 0 Å². The molecule has 2 aliphatic carbocycles. The van der Waals surface area contributed by atoms with Crippen molar-refractivity contribution in [2.75, 3.05) is 90.7 Å². The molecule has 9 aliphatic rings. The summed E-state index contributed by atoms with van der Waals surface area (Å²) in [7, 11) is 1.72. The molecule has 3 N–H and O–H groups in total. The van der Waals surface area contributed by atoms with Crippen LogP contribution in [0.15, 0.2) is 48.7 Å². The van der Waals surface area contributed by atoms with E-state index in [9.17, 15) is 9.59 Å². The monoisotopic (exact) mass is 1140 g/mol. The molecule has 8 atom stereocenters. The molecule has 4 aromatic rings. The Kier molecular flexibility index (Phi) is 15.7. The number of benzene rings is 2. The molecule has 7 aliphatic heterocycles. The smallest absolute Gasteiger partial charge is 0.324 e. The maximum absolute atomic E-state index is 15.4. The summed E-state index contributed by atoms with van der Waals surface area (Å²) < 4.78 is 36.1. The van der Waals surface area contributed by atoms with E-state index in [1.165, 1.54) is 17.9 Å². The number of esters is 1. The van der Waals surface area contributed by atoms with Gasteiger partial charge in [0.15, 0.2) is 0 Å².